The number of nitrogens with zero attached hydrogens (tertiary/aromatic N) is 2. The molecule has 0 bridgehead atoms. The van der Waals surface area contributed by atoms with Crippen molar-refractivity contribution >= 4 is 19.6 Å². The molecular weight excluding hydrogens is 390 g/mol. The predicted octanol–water partition coefficient (Wildman–Crippen LogP) is 2.77. The summed E-state index contributed by atoms with van der Waals surface area (Å²) < 4.78 is 43.2. The third-order valence-electron chi connectivity index (χ3n) is 5.50. The van der Waals surface area contributed by atoms with Crippen LogP contribution in [-0.2, 0) is 4.74 Å². The number of carbonyl (C=O) groups excluding carboxylic acids is 1. The van der Waals surface area contributed by atoms with Gasteiger partial charge < -0.3 is 19.1 Å². The number of carbonyl (C=O) groups is 1. The molecule has 1 atom stereocenters. The summed E-state index contributed by atoms with van der Waals surface area (Å²) in [4.78, 5) is 15.5. The van der Waals surface area contributed by atoms with E-state index >= 15 is 0 Å². The maximum atomic E-state index is 13.7. The number of ether oxygens (including phenoxy) is 3. The van der Waals surface area contributed by atoms with Gasteiger partial charge in [0.15, 0.2) is 17.3 Å². The summed E-state index contributed by atoms with van der Waals surface area (Å²) in [6.45, 7) is 4.77. The van der Waals surface area contributed by atoms with Crippen molar-refractivity contribution in [2.24, 2.45) is 5.92 Å². The van der Waals surface area contributed by atoms with E-state index in [-0.39, 0.29) is 43.8 Å². The lowest BCUT2D eigenvalue weighted by atomic mass is 9.93. The zero-order chi connectivity index (χ0) is 18.8. The first-order valence-corrected chi connectivity index (χ1v) is 9.51. The van der Waals surface area contributed by atoms with Crippen LogP contribution in [0.1, 0.15) is 19.3 Å². The van der Waals surface area contributed by atoms with Gasteiger partial charge in [0.05, 0.1) is 6.54 Å². The summed E-state index contributed by atoms with van der Waals surface area (Å²) in [5.41, 5.74) is 0. The first-order chi connectivity index (χ1) is 13.1. The Hall–Kier alpha value is -1.74. The summed E-state index contributed by atoms with van der Waals surface area (Å²) >= 11 is 0. The number of hydrogen-bond acceptors (Lipinski definition) is 5. The van der Waals surface area contributed by atoms with Gasteiger partial charge in [0.1, 0.15) is 25.1 Å². The Morgan fingerprint density at radius 3 is 2.61 bits per heavy atom. The molecule has 3 aliphatic heterocycles. The minimum absolute atomic E-state index is 0. The van der Waals surface area contributed by atoms with Gasteiger partial charge in [0, 0.05) is 25.2 Å². The third-order valence-corrected chi connectivity index (χ3v) is 5.50. The van der Waals surface area contributed by atoms with Gasteiger partial charge >= 0.3 is 6.09 Å². The summed E-state index contributed by atoms with van der Waals surface area (Å²) in [5.74, 6) is -0.672. The molecule has 2 saturated heterocycles. The first kappa shape index (κ1) is 21.0. The number of likely N-dealkylation sites (tertiary alicyclic amines) is 1. The molecule has 6 nitrogen and oxygen atoms in total. The molecule has 156 valence electrons. The minimum atomic E-state index is -0.730. The Bertz CT molecular complexity index is 701. The fraction of sp³-hybridized carbons (Fsp3) is 0.632. The Morgan fingerprint density at radius 2 is 1.89 bits per heavy atom. The predicted molar refractivity (Wildman–Crippen MR) is 103 cm³/mol. The van der Waals surface area contributed by atoms with Crippen molar-refractivity contribution in [3.05, 3.63) is 23.8 Å². The fourth-order valence-electron chi connectivity index (χ4n) is 3.96. The van der Waals surface area contributed by atoms with Gasteiger partial charge in [-0.1, -0.05) is 0 Å². The van der Waals surface area contributed by atoms with Crippen LogP contribution in [0.15, 0.2) is 12.1 Å². The lowest BCUT2D eigenvalue weighted by Crippen LogP contribution is -2.44. The second-order valence-electron chi connectivity index (χ2n) is 7.40. The van der Waals surface area contributed by atoms with E-state index in [1.807, 2.05) is 0 Å². The van der Waals surface area contributed by atoms with Crippen molar-refractivity contribution in [3.8, 4) is 11.5 Å². The van der Waals surface area contributed by atoms with Gasteiger partial charge in [-0.2, -0.15) is 13.5 Å². The largest absolute Gasteiger partial charge is 0.483 e. The lowest BCUT2D eigenvalue weighted by Gasteiger charge is -2.36. The maximum absolute atomic E-state index is 13.7. The highest BCUT2D eigenvalue weighted by Crippen LogP contribution is 2.35. The molecule has 0 aliphatic carbocycles. The van der Waals surface area contributed by atoms with Crippen LogP contribution in [0.5, 0.6) is 11.5 Å². The molecule has 2 fully saturated rings. The summed E-state index contributed by atoms with van der Waals surface area (Å²) in [5, 5.41) is 0. The van der Waals surface area contributed by atoms with Crippen LogP contribution in [-0.4, -0.2) is 67.9 Å². The summed E-state index contributed by atoms with van der Waals surface area (Å²) in [7, 11) is 0. The van der Waals surface area contributed by atoms with E-state index in [9.17, 15) is 13.6 Å². The van der Waals surface area contributed by atoms with Crippen molar-refractivity contribution in [1.82, 2.24) is 9.80 Å². The highest BCUT2D eigenvalue weighted by atomic mass is 32.1. The summed E-state index contributed by atoms with van der Waals surface area (Å²) in [6.07, 6.45) is 2.69. The standard InChI is InChI=1S/C19H24F2N2O4.H2S/c20-14-9-16(21)18-17(10-14)27-15(12-26-18)11-22-4-1-13(2-5-22)3-6-23-7-8-25-19(23)24;/h9-10,13,15H,1-8,11-12H2;1H2/t15-;/m0./s1. The molecule has 0 spiro atoms. The molecule has 3 aliphatic rings. The molecular formula is C19H26F2N2O4S. The topological polar surface area (TPSA) is 51.2 Å². The lowest BCUT2D eigenvalue weighted by molar-refractivity contribution is 0.0439. The zero-order valence-corrected chi connectivity index (χ0v) is 16.7. The van der Waals surface area contributed by atoms with Gasteiger partial charge in [-0.05, 0) is 38.3 Å². The molecule has 1 aromatic rings. The van der Waals surface area contributed by atoms with E-state index in [4.69, 9.17) is 14.2 Å². The van der Waals surface area contributed by atoms with Crippen LogP contribution in [0.2, 0.25) is 0 Å². The molecule has 0 aromatic heterocycles. The van der Waals surface area contributed by atoms with E-state index in [0.29, 0.717) is 25.6 Å². The Kier molecular flexibility index (Phi) is 6.87. The second-order valence-corrected chi connectivity index (χ2v) is 7.40. The van der Waals surface area contributed by atoms with Crippen molar-refractivity contribution in [2.75, 3.05) is 45.9 Å². The Balaban J connectivity index is 0.00000225. The third kappa shape index (κ3) is 4.81. The van der Waals surface area contributed by atoms with Crippen molar-refractivity contribution in [3.63, 3.8) is 0 Å². The number of fused-ring (bicyclic) bond motifs is 1. The van der Waals surface area contributed by atoms with Gasteiger partial charge in [-0.15, -0.1) is 0 Å². The molecule has 28 heavy (non-hydrogen) atoms. The van der Waals surface area contributed by atoms with Crippen LogP contribution < -0.4 is 9.47 Å². The molecule has 1 aromatic carbocycles. The number of halogens is 2. The van der Waals surface area contributed by atoms with Crippen LogP contribution >= 0.6 is 13.5 Å². The molecule has 9 heteroatoms. The van der Waals surface area contributed by atoms with Crippen LogP contribution in [0.25, 0.3) is 0 Å². The summed E-state index contributed by atoms with van der Waals surface area (Å²) in [6, 6.07) is 1.97. The first-order valence-electron chi connectivity index (χ1n) is 9.51. The SMILES string of the molecule is O=C1OCCN1CCC1CCN(C[C@H]2COc3c(F)cc(F)cc3O2)CC1.S. The Labute approximate surface area is 170 Å². The zero-order valence-electron chi connectivity index (χ0n) is 15.7. The number of benzene rings is 1. The molecule has 4 rings (SSSR count). The van der Waals surface area contributed by atoms with E-state index in [2.05, 4.69) is 4.90 Å². The molecule has 0 saturated carbocycles. The van der Waals surface area contributed by atoms with Gasteiger partial charge in [-0.3, -0.25) is 4.90 Å². The molecule has 1 amide bonds. The normalized spacial score (nSPS) is 22.7. The molecule has 0 N–H and O–H groups in total. The average Bonchev–Trinajstić information content (AvgIpc) is 3.05. The van der Waals surface area contributed by atoms with E-state index in [0.717, 1.165) is 45.0 Å². The number of hydrogen-bond donors (Lipinski definition) is 0. The number of rotatable bonds is 5. The van der Waals surface area contributed by atoms with Gasteiger partial charge in [0.2, 0.25) is 0 Å². The monoisotopic (exact) mass is 416 g/mol. The van der Waals surface area contributed by atoms with E-state index < -0.39 is 11.6 Å². The van der Waals surface area contributed by atoms with E-state index in [1.54, 1.807) is 4.90 Å². The van der Waals surface area contributed by atoms with Crippen LogP contribution in [0.3, 0.4) is 0 Å². The van der Waals surface area contributed by atoms with Gasteiger partial charge in [0.25, 0.3) is 0 Å². The van der Waals surface area contributed by atoms with Crippen molar-refractivity contribution in [2.45, 2.75) is 25.4 Å². The van der Waals surface area contributed by atoms with Crippen LogP contribution in [0, 0.1) is 17.6 Å². The quantitative estimate of drug-likeness (QED) is 0.739. The van der Waals surface area contributed by atoms with Gasteiger partial charge in [-0.25, -0.2) is 13.6 Å². The Morgan fingerprint density at radius 1 is 1.11 bits per heavy atom. The highest BCUT2D eigenvalue weighted by Gasteiger charge is 2.29. The number of piperidine rings is 1. The highest BCUT2D eigenvalue weighted by molar-refractivity contribution is 7.59. The molecule has 0 radical (unpaired) electrons. The fourth-order valence-corrected chi connectivity index (χ4v) is 3.96. The van der Waals surface area contributed by atoms with Crippen molar-refractivity contribution in [1.29, 1.82) is 0 Å². The van der Waals surface area contributed by atoms with Crippen LogP contribution in [0.4, 0.5) is 13.6 Å². The number of amides is 1. The second kappa shape index (κ2) is 9.17. The molecule has 0 unspecified atom stereocenters. The minimum Gasteiger partial charge on any atom is -0.483 e. The number of cyclic esters (lactones) is 1. The molecule has 3 heterocycles. The average molecular weight is 416 g/mol. The van der Waals surface area contributed by atoms with E-state index in [1.165, 1.54) is 6.07 Å². The maximum Gasteiger partial charge on any atom is 0.409 e. The smallest absolute Gasteiger partial charge is 0.409 e. The van der Waals surface area contributed by atoms with Crippen molar-refractivity contribution < 1.29 is 27.8 Å².